The lowest BCUT2D eigenvalue weighted by molar-refractivity contribution is 0.0926. The number of benzene rings is 2. The molecule has 5 rings (SSSR count). The second-order valence-corrected chi connectivity index (χ2v) is 7.58. The van der Waals surface area contributed by atoms with Gasteiger partial charge in [-0.1, -0.05) is 29.3 Å². The molecule has 2 aromatic heterocycles. The molecule has 0 spiro atoms. The van der Waals surface area contributed by atoms with Gasteiger partial charge < -0.3 is 0 Å². The van der Waals surface area contributed by atoms with E-state index < -0.39 is 17.6 Å². The Morgan fingerprint density at radius 2 is 1.77 bits per heavy atom. The van der Waals surface area contributed by atoms with E-state index in [1.807, 2.05) is 0 Å². The number of hydrogen-bond acceptors (Lipinski definition) is 4. The molecule has 0 radical (unpaired) electrons. The van der Waals surface area contributed by atoms with Crippen LogP contribution in [0.15, 0.2) is 48.7 Å². The van der Waals surface area contributed by atoms with Crippen molar-refractivity contribution in [3.8, 4) is 5.69 Å². The summed E-state index contributed by atoms with van der Waals surface area (Å²) in [6.45, 7) is 1.71. The third kappa shape index (κ3) is 2.63. The van der Waals surface area contributed by atoms with Gasteiger partial charge in [0.25, 0.3) is 11.8 Å². The first-order chi connectivity index (χ1) is 14.4. The van der Waals surface area contributed by atoms with Gasteiger partial charge in [-0.3, -0.25) is 9.59 Å². The monoisotopic (exact) mass is 440 g/mol. The molecule has 4 aromatic rings. The summed E-state index contributed by atoms with van der Waals surface area (Å²) >= 11 is 12.0. The minimum Gasteiger partial charge on any atom is -0.268 e. The Morgan fingerprint density at radius 3 is 2.50 bits per heavy atom. The van der Waals surface area contributed by atoms with Crippen LogP contribution in [0, 0.1) is 12.7 Å². The van der Waals surface area contributed by atoms with Gasteiger partial charge in [-0.2, -0.15) is 5.10 Å². The van der Waals surface area contributed by atoms with Crippen molar-refractivity contribution in [3.63, 3.8) is 0 Å². The third-order valence-corrected chi connectivity index (χ3v) is 5.67. The third-order valence-electron chi connectivity index (χ3n) is 4.94. The highest BCUT2D eigenvalue weighted by molar-refractivity contribution is 6.43. The van der Waals surface area contributed by atoms with Crippen LogP contribution in [0.4, 0.5) is 10.1 Å². The Bertz CT molecular complexity index is 1400. The predicted octanol–water partition coefficient (Wildman–Crippen LogP) is 4.98. The highest BCUT2D eigenvalue weighted by Gasteiger charge is 2.40. The van der Waals surface area contributed by atoms with E-state index in [-0.39, 0.29) is 16.1 Å². The first kappa shape index (κ1) is 18.7. The van der Waals surface area contributed by atoms with Gasteiger partial charge in [-0.05, 0) is 43.3 Å². The number of aromatic nitrogens is 3. The average Bonchev–Trinajstić information content (AvgIpc) is 3.18. The number of amides is 2. The molecule has 1 aliphatic heterocycles. The van der Waals surface area contributed by atoms with E-state index in [0.717, 1.165) is 4.90 Å². The molecule has 0 saturated carbocycles. The Labute approximate surface area is 179 Å². The fourth-order valence-corrected chi connectivity index (χ4v) is 3.90. The molecule has 0 bridgehead atoms. The summed E-state index contributed by atoms with van der Waals surface area (Å²) in [6.07, 6.45) is 1.34. The summed E-state index contributed by atoms with van der Waals surface area (Å²) in [5, 5.41) is 5.41. The number of carbonyl (C=O) groups excluding carboxylic acids is 2. The molecule has 6 nitrogen and oxygen atoms in total. The maximum atomic E-state index is 13.7. The number of rotatable bonds is 2. The second kappa shape index (κ2) is 6.62. The molecule has 0 N–H and O–H groups in total. The largest absolute Gasteiger partial charge is 0.268 e. The summed E-state index contributed by atoms with van der Waals surface area (Å²) < 4.78 is 15.2. The number of anilines is 1. The van der Waals surface area contributed by atoms with Gasteiger partial charge >= 0.3 is 0 Å². The van der Waals surface area contributed by atoms with Crippen molar-refractivity contribution in [3.05, 3.63) is 81.3 Å². The average molecular weight is 441 g/mol. The van der Waals surface area contributed by atoms with E-state index in [4.69, 9.17) is 23.2 Å². The molecule has 0 atom stereocenters. The number of halogens is 3. The van der Waals surface area contributed by atoms with Crippen LogP contribution < -0.4 is 4.90 Å². The molecule has 0 aliphatic carbocycles. The lowest BCUT2D eigenvalue weighted by Crippen LogP contribution is -2.29. The number of pyridine rings is 1. The number of imide groups is 1. The summed E-state index contributed by atoms with van der Waals surface area (Å²) in [5.74, 6) is -1.45. The highest BCUT2D eigenvalue weighted by atomic mass is 35.5. The second-order valence-electron chi connectivity index (χ2n) is 6.77. The van der Waals surface area contributed by atoms with E-state index in [9.17, 15) is 14.0 Å². The fourth-order valence-electron chi connectivity index (χ4n) is 3.61. The van der Waals surface area contributed by atoms with Crippen molar-refractivity contribution in [2.24, 2.45) is 0 Å². The van der Waals surface area contributed by atoms with Crippen LogP contribution in [-0.4, -0.2) is 26.6 Å². The van der Waals surface area contributed by atoms with Crippen LogP contribution >= 0.6 is 23.2 Å². The number of hydrogen-bond donors (Lipinski definition) is 0. The van der Waals surface area contributed by atoms with Crippen LogP contribution in [0.3, 0.4) is 0 Å². The molecule has 9 heteroatoms. The maximum Gasteiger partial charge on any atom is 0.267 e. The van der Waals surface area contributed by atoms with Gasteiger partial charge in [-0.25, -0.2) is 19.0 Å². The molecule has 0 unspecified atom stereocenters. The van der Waals surface area contributed by atoms with E-state index in [2.05, 4.69) is 10.1 Å². The Balaban J connectivity index is 1.71. The Hall–Kier alpha value is -3.29. The lowest BCUT2D eigenvalue weighted by atomic mass is 10.1. The molecular formula is C21H11Cl2FN4O2. The van der Waals surface area contributed by atoms with Crippen LogP contribution in [0.25, 0.3) is 16.7 Å². The van der Waals surface area contributed by atoms with Crippen molar-refractivity contribution in [2.45, 2.75) is 6.92 Å². The molecule has 148 valence electrons. The van der Waals surface area contributed by atoms with E-state index in [1.54, 1.807) is 25.1 Å². The minimum absolute atomic E-state index is 0.167. The van der Waals surface area contributed by atoms with Gasteiger partial charge in [0.15, 0.2) is 5.65 Å². The van der Waals surface area contributed by atoms with Crippen LogP contribution in [-0.2, 0) is 0 Å². The molecule has 30 heavy (non-hydrogen) atoms. The van der Waals surface area contributed by atoms with Crippen molar-refractivity contribution in [2.75, 3.05) is 4.90 Å². The summed E-state index contributed by atoms with van der Waals surface area (Å²) in [7, 11) is 0. The molecule has 0 fully saturated rings. The topological polar surface area (TPSA) is 68.1 Å². The molecule has 3 heterocycles. The molecule has 0 saturated heterocycles. The Morgan fingerprint density at radius 1 is 0.967 bits per heavy atom. The van der Waals surface area contributed by atoms with E-state index in [1.165, 1.54) is 35.1 Å². The van der Waals surface area contributed by atoms with Gasteiger partial charge in [0.2, 0.25) is 0 Å². The van der Waals surface area contributed by atoms with E-state index in [0.29, 0.717) is 33.1 Å². The SMILES string of the molecule is Cc1nn(-c2cccc(F)c2)c2ncc3c(c12)C(=O)N(c1ccc(Cl)c(Cl)c1)C3=O. The zero-order valence-electron chi connectivity index (χ0n) is 15.4. The standard InChI is InChI=1S/C21H11Cl2FN4O2/c1-10-17-18-14(9-25-19(17)28(26-10)13-4-2-3-11(24)7-13)20(29)27(21(18)30)12-5-6-15(22)16(23)8-12/h2-9H,1H3. The van der Waals surface area contributed by atoms with Gasteiger partial charge in [0, 0.05) is 6.20 Å². The van der Waals surface area contributed by atoms with Gasteiger partial charge in [0.1, 0.15) is 5.82 Å². The first-order valence-corrected chi connectivity index (χ1v) is 9.60. The van der Waals surface area contributed by atoms with Gasteiger partial charge in [0.05, 0.1) is 43.6 Å². The first-order valence-electron chi connectivity index (χ1n) is 8.85. The van der Waals surface area contributed by atoms with Crippen LogP contribution in [0.2, 0.25) is 10.0 Å². The molecule has 2 aromatic carbocycles. The number of nitrogens with zero attached hydrogens (tertiary/aromatic N) is 4. The summed E-state index contributed by atoms with van der Waals surface area (Å²) in [4.78, 5) is 31.7. The predicted molar refractivity (Wildman–Crippen MR) is 111 cm³/mol. The lowest BCUT2D eigenvalue weighted by Gasteiger charge is -2.14. The number of aryl methyl sites for hydroxylation is 1. The normalized spacial score (nSPS) is 13.4. The summed E-state index contributed by atoms with van der Waals surface area (Å²) in [5.41, 5.74) is 1.99. The quantitative estimate of drug-likeness (QED) is 0.412. The van der Waals surface area contributed by atoms with Crippen LogP contribution in [0.5, 0.6) is 0 Å². The zero-order valence-corrected chi connectivity index (χ0v) is 16.9. The molecule has 2 amide bonds. The number of fused-ring (bicyclic) bond motifs is 3. The molecular weight excluding hydrogens is 430 g/mol. The zero-order chi connectivity index (χ0) is 21.2. The Kier molecular flexibility index (Phi) is 4.13. The smallest absolute Gasteiger partial charge is 0.267 e. The van der Waals surface area contributed by atoms with Crippen molar-refractivity contribution in [1.82, 2.24) is 14.8 Å². The maximum absolute atomic E-state index is 13.7. The number of carbonyl (C=O) groups is 2. The highest BCUT2D eigenvalue weighted by Crippen LogP contribution is 2.36. The minimum atomic E-state index is -0.513. The van der Waals surface area contributed by atoms with E-state index >= 15 is 0 Å². The fraction of sp³-hybridized carbons (Fsp3) is 0.0476. The van der Waals surface area contributed by atoms with Crippen molar-refractivity contribution in [1.29, 1.82) is 0 Å². The van der Waals surface area contributed by atoms with Crippen molar-refractivity contribution >= 4 is 51.7 Å². The van der Waals surface area contributed by atoms with Crippen molar-refractivity contribution < 1.29 is 14.0 Å². The molecule has 1 aliphatic rings. The van der Waals surface area contributed by atoms with Gasteiger partial charge in [-0.15, -0.1) is 0 Å². The summed E-state index contributed by atoms with van der Waals surface area (Å²) in [6, 6.07) is 10.4. The van der Waals surface area contributed by atoms with Crippen LogP contribution in [0.1, 0.15) is 26.4 Å².